The number of benzene rings is 2. The van der Waals surface area contributed by atoms with Gasteiger partial charge >= 0.3 is 0 Å². The molecule has 0 unspecified atom stereocenters. The van der Waals surface area contributed by atoms with Gasteiger partial charge in [-0.2, -0.15) is 0 Å². The van der Waals surface area contributed by atoms with E-state index in [0.717, 1.165) is 33.5 Å². The molecule has 7 rings (SSSR count). The van der Waals surface area contributed by atoms with E-state index in [2.05, 4.69) is 58.1 Å². The topological polar surface area (TPSA) is 43.6 Å². The Kier molecular flexibility index (Phi) is 3.68. The Morgan fingerprint density at radius 1 is 0.656 bits per heavy atom. The van der Waals surface area contributed by atoms with Gasteiger partial charge in [0.2, 0.25) is 0 Å². The average molecular weight is 429 g/mol. The fraction of sp³-hybridized carbons (Fsp3) is 0. The smallest absolute Gasteiger partial charge is 0.138 e. The molecular weight excluding hydrogens is 412 g/mol. The molecule has 2 aromatic carbocycles. The third kappa shape index (κ3) is 2.46. The van der Waals surface area contributed by atoms with Gasteiger partial charge in [0.25, 0.3) is 0 Å². The number of rotatable bonds is 2. The molecule has 150 valence electrons. The van der Waals surface area contributed by atoms with Gasteiger partial charge in [-0.3, -0.25) is 14.5 Å². The van der Waals surface area contributed by atoms with Crippen LogP contribution in [0, 0.1) is 0 Å². The lowest BCUT2D eigenvalue weighted by Crippen LogP contribution is -1.97. The average Bonchev–Trinajstić information content (AvgIpc) is 3.40. The van der Waals surface area contributed by atoms with Crippen LogP contribution in [0.15, 0.2) is 97.6 Å². The van der Waals surface area contributed by atoms with E-state index < -0.39 is 0 Å². The van der Waals surface area contributed by atoms with Crippen molar-refractivity contribution in [2.45, 2.75) is 0 Å². The zero-order valence-corrected chi connectivity index (χ0v) is 17.8. The third-order valence-electron chi connectivity index (χ3n) is 6.02. The van der Waals surface area contributed by atoms with E-state index in [1.54, 1.807) is 0 Å². The molecular formula is C27H16N4S. The minimum atomic E-state index is 0.882. The van der Waals surface area contributed by atoms with Crippen LogP contribution in [0.3, 0.4) is 0 Å². The Balaban J connectivity index is 1.59. The number of hydrogen-bond donors (Lipinski definition) is 0. The second-order valence-electron chi connectivity index (χ2n) is 7.78. The minimum Gasteiger partial charge on any atom is -0.292 e. The summed E-state index contributed by atoms with van der Waals surface area (Å²) in [6.45, 7) is 0. The summed E-state index contributed by atoms with van der Waals surface area (Å²) in [7, 11) is 0. The molecule has 0 atom stereocenters. The predicted molar refractivity (Wildman–Crippen MR) is 132 cm³/mol. The summed E-state index contributed by atoms with van der Waals surface area (Å²) < 4.78 is 4.80. The van der Waals surface area contributed by atoms with E-state index >= 15 is 0 Å². The van der Waals surface area contributed by atoms with Crippen LogP contribution in [0.4, 0.5) is 0 Å². The molecule has 0 radical (unpaired) electrons. The molecule has 7 aromatic rings. The van der Waals surface area contributed by atoms with Gasteiger partial charge in [-0.1, -0.05) is 24.3 Å². The predicted octanol–water partition coefficient (Wildman–Crippen LogP) is 7.00. The Morgan fingerprint density at radius 2 is 1.53 bits per heavy atom. The molecule has 0 aliphatic heterocycles. The molecule has 5 aromatic heterocycles. The Morgan fingerprint density at radius 3 is 2.47 bits per heavy atom. The van der Waals surface area contributed by atoms with Crippen LogP contribution in [0.25, 0.3) is 59.1 Å². The van der Waals surface area contributed by atoms with Crippen molar-refractivity contribution >= 4 is 53.4 Å². The summed E-state index contributed by atoms with van der Waals surface area (Å²) >= 11 is 1.83. The van der Waals surface area contributed by atoms with Crippen molar-refractivity contribution in [2.24, 2.45) is 0 Å². The summed E-state index contributed by atoms with van der Waals surface area (Å²) in [6, 6.07) is 25.4. The molecule has 0 fully saturated rings. The fourth-order valence-electron chi connectivity index (χ4n) is 4.60. The van der Waals surface area contributed by atoms with E-state index in [9.17, 15) is 0 Å². The molecule has 32 heavy (non-hydrogen) atoms. The second-order valence-corrected chi connectivity index (χ2v) is 8.83. The van der Waals surface area contributed by atoms with Crippen molar-refractivity contribution in [1.29, 1.82) is 0 Å². The molecule has 0 amide bonds. The normalized spacial score (nSPS) is 11.8. The zero-order chi connectivity index (χ0) is 21.1. The zero-order valence-electron chi connectivity index (χ0n) is 16.9. The maximum Gasteiger partial charge on any atom is 0.138 e. The molecule has 0 aliphatic carbocycles. The Labute approximate surface area is 187 Å². The molecule has 0 N–H and O–H groups in total. The Bertz CT molecular complexity index is 1780. The van der Waals surface area contributed by atoms with E-state index in [0.29, 0.717) is 0 Å². The number of pyridine rings is 3. The van der Waals surface area contributed by atoms with Crippen LogP contribution in [-0.2, 0) is 0 Å². The van der Waals surface area contributed by atoms with Crippen molar-refractivity contribution in [3.8, 4) is 16.9 Å². The fourth-order valence-corrected chi connectivity index (χ4v) is 5.85. The number of hydrogen-bond acceptors (Lipinski definition) is 4. The maximum absolute atomic E-state index is 4.81. The molecule has 5 heteroatoms. The molecule has 0 spiro atoms. The molecule has 5 heterocycles. The number of thiophene rings is 1. The highest BCUT2D eigenvalue weighted by molar-refractivity contribution is 7.26. The maximum atomic E-state index is 4.81. The number of fused-ring (bicyclic) bond motifs is 7. The lowest BCUT2D eigenvalue weighted by molar-refractivity contribution is 1.08. The third-order valence-corrected chi connectivity index (χ3v) is 7.22. The largest absolute Gasteiger partial charge is 0.292 e. The first-order valence-corrected chi connectivity index (χ1v) is 11.3. The van der Waals surface area contributed by atoms with Crippen LogP contribution in [0.2, 0.25) is 0 Å². The van der Waals surface area contributed by atoms with Crippen LogP contribution >= 0.6 is 11.3 Å². The molecule has 0 saturated heterocycles. The number of nitrogens with zero attached hydrogens (tertiary/aromatic N) is 4. The number of aromatic nitrogens is 4. The van der Waals surface area contributed by atoms with Crippen LogP contribution in [0.5, 0.6) is 0 Å². The highest BCUT2D eigenvalue weighted by Gasteiger charge is 2.18. The lowest BCUT2D eigenvalue weighted by Gasteiger charge is -2.09. The van der Waals surface area contributed by atoms with Gasteiger partial charge in [-0.25, -0.2) is 4.98 Å². The summed E-state index contributed by atoms with van der Waals surface area (Å²) in [6.07, 6.45) is 7.38. The molecule has 0 aliphatic rings. The van der Waals surface area contributed by atoms with Crippen LogP contribution < -0.4 is 0 Å². The highest BCUT2D eigenvalue weighted by atomic mass is 32.1. The van der Waals surface area contributed by atoms with Gasteiger partial charge in [-0.05, 0) is 59.7 Å². The summed E-state index contributed by atoms with van der Waals surface area (Å²) in [5, 5.41) is 3.76. The van der Waals surface area contributed by atoms with Gasteiger partial charge < -0.3 is 0 Å². The first kappa shape index (κ1) is 17.6. The monoisotopic (exact) mass is 428 g/mol. The SMILES string of the molecule is c1ccc2c(c1)sc1c2ccc2c1c1ncccc1n2-c1cc(-c2ccncc2)ccn1. The van der Waals surface area contributed by atoms with Crippen molar-refractivity contribution in [2.75, 3.05) is 0 Å². The molecule has 0 saturated carbocycles. The lowest BCUT2D eigenvalue weighted by atomic mass is 10.1. The van der Waals surface area contributed by atoms with Gasteiger partial charge in [0.15, 0.2) is 0 Å². The van der Waals surface area contributed by atoms with Crippen LogP contribution in [-0.4, -0.2) is 19.5 Å². The van der Waals surface area contributed by atoms with Crippen molar-refractivity contribution < 1.29 is 0 Å². The highest BCUT2D eigenvalue weighted by Crippen LogP contribution is 2.42. The van der Waals surface area contributed by atoms with Crippen molar-refractivity contribution in [1.82, 2.24) is 19.5 Å². The first-order chi connectivity index (χ1) is 15.9. The van der Waals surface area contributed by atoms with Gasteiger partial charge in [-0.15, -0.1) is 11.3 Å². The van der Waals surface area contributed by atoms with Crippen molar-refractivity contribution in [3.63, 3.8) is 0 Å². The second kappa shape index (κ2) is 6.70. The van der Waals surface area contributed by atoms with E-state index in [4.69, 9.17) is 9.97 Å². The summed E-state index contributed by atoms with van der Waals surface area (Å²) in [5.74, 6) is 0.882. The van der Waals surface area contributed by atoms with E-state index in [-0.39, 0.29) is 0 Å². The first-order valence-electron chi connectivity index (χ1n) is 10.4. The summed E-state index contributed by atoms with van der Waals surface area (Å²) in [4.78, 5) is 13.7. The quantitative estimate of drug-likeness (QED) is 0.298. The van der Waals surface area contributed by atoms with Crippen molar-refractivity contribution in [3.05, 3.63) is 97.6 Å². The van der Waals surface area contributed by atoms with E-state index in [1.165, 1.54) is 25.6 Å². The van der Waals surface area contributed by atoms with E-state index in [1.807, 2.05) is 60.4 Å². The molecule has 0 bridgehead atoms. The van der Waals surface area contributed by atoms with Gasteiger partial charge in [0, 0.05) is 50.3 Å². The summed E-state index contributed by atoms with van der Waals surface area (Å²) in [5.41, 5.74) is 5.42. The Hall–Kier alpha value is -4.09. The van der Waals surface area contributed by atoms with Gasteiger partial charge in [0.1, 0.15) is 5.82 Å². The van der Waals surface area contributed by atoms with Gasteiger partial charge in [0.05, 0.1) is 16.6 Å². The van der Waals surface area contributed by atoms with Crippen LogP contribution in [0.1, 0.15) is 0 Å². The standard InChI is InChI=1S/C27H16N4S/c1-2-6-23-19(4-1)20-7-8-21-25(27(20)32-23)26-22(5-3-12-30-26)31(21)24-16-18(11-15-29-24)17-9-13-28-14-10-17/h1-16H. The molecule has 4 nitrogen and oxygen atoms in total. The minimum absolute atomic E-state index is 0.882.